The van der Waals surface area contributed by atoms with E-state index in [0.29, 0.717) is 18.7 Å². The van der Waals surface area contributed by atoms with Crippen LogP contribution in [0.4, 0.5) is 8.78 Å². The molecule has 8 nitrogen and oxygen atoms in total. The Morgan fingerprint density at radius 3 is 2.67 bits per heavy atom. The van der Waals surface area contributed by atoms with Crippen LogP contribution in [0.5, 0.6) is 5.75 Å². The van der Waals surface area contributed by atoms with Gasteiger partial charge in [0.05, 0.1) is 6.54 Å². The first-order valence-corrected chi connectivity index (χ1v) is 13.3. The molecule has 2 aromatic rings. The van der Waals surface area contributed by atoms with E-state index in [4.69, 9.17) is 0 Å². The van der Waals surface area contributed by atoms with E-state index in [9.17, 15) is 28.3 Å². The van der Waals surface area contributed by atoms with E-state index in [2.05, 4.69) is 10.2 Å². The number of rotatable bonds is 4. The number of fused-ring (bicyclic) bond motifs is 2. The maximum atomic E-state index is 13.9. The van der Waals surface area contributed by atoms with Crippen molar-refractivity contribution in [3.8, 4) is 5.75 Å². The summed E-state index contributed by atoms with van der Waals surface area (Å²) in [4.78, 5) is 43.4. The van der Waals surface area contributed by atoms with Gasteiger partial charge in [0.25, 0.3) is 11.8 Å². The van der Waals surface area contributed by atoms with Crippen LogP contribution in [-0.4, -0.2) is 67.6 Å². The highest BCUT2D eigenvalue weighted by atomic mass is 32.2. The monoisotopic (exact) mass is 518 g/mol. The molecule has 2 amide bonds. The van der Waals surface area contributed by atoms with Gasteiger partial charge in [-0.05, 0) is 43.8 Å². The predicted molar refractivity (Wildman–Crippen MR) is 131 cm³/mol. The summed E-state index contributed by atoms with van der Waals surface area (Å²) in [6.07, 6.45) is 3.93. The molecular weight excluding hydrogens is 490 g/mol. The molecule has 36 heavy (non-hydrogen) atoms. The minimum absolute atomic E-state index is 0.0476. The Labute approximate surface area is 211 Å². The van der Waals surface area contributed by atoms with E-state index in [1.807, 2.05) is 18.7 Å². The van der Waals surface area contributed by atoms with Crippen molar-refractivity contribution in [2.24, 2.45) is 0 Å². The number of hydrogen-bond donors (Lipinski definition) is 2. The zero-order valence-electron chi connectivity index (χ0n) is 19.9. The molecule has 1 aromatic carbocycles. The molecule has 2 fully saturated rings. The van der Waals surface area contributed by atoms with Crippen LogP contribution in [0.3, 0.4) is 0 Å². The van der Waals surface area contributed by atoms with Crippen LogP contribution in [-0.2, 0) is 13.1 Å². The maximum absolute atomic E-state index is 13.9. The number of amides is 2. The van der Waals surface area contributed by atoms with Crippen molar-refractivity contribution in [1.82, 2.24) is 19.7 Å². The maximum Gasteiger partial charge on any atom is 0.276 e. The Hall–Kier alpha value is -2.92. The molecule has 0 radical (unpaired) electrons. The molecule has 0 bridgehead atoms. The minimum atomic E-state index is -0.962. The van der Waals surface area contributed by atoms with Crippen LogP contribution in [0.25, 0.3) is 0 Å². The van der Waals surface area contributed by atoms with Crippen LogP contribution in [0, 0.1) is 11.6 Å². The Kier molecular flexibility index (Phi) is 6.78. The molecule has 192 valence electrons. The van der Waals surface area contributed by atoms with Crippen molar-refractivity contribution in [2.75, 3.05) is 18.1 Å². The van der Waals surface area contributed by atoms with Gasteiger partial charge in [0, 0.05) is 43.0 Å². The van der Waals surface area contributed by atoms with Crippen LogP contribution < -0.4 is 10.7 Å². The first-order chi connectivity index (χ1) is 17.3. The van der Waals surface area contributed by atoms with Gasteiger partial charge in [-0.25, -0.2) is 8.78 Å². The number of aromatic hydroxyl groups is 1. The summed E-state index contributed by atoms with van der Waals surface area (Å²) in [6.45, 7) is 2.87. The Morgan fingerprint density at radius 1 is 1.19 bits per heavy atom. The minimum Gasteiger partial charge on any atom is -0.503 e. The number of halogens is 2. The fraction of sp³-hybridized carbons (Fsp3) is 0.480. The number of pyridine rings is 1. The van der Waals surface area contributed by atoms with Crippen molar-refractivity contribution in [3.05, 3.63) is 63.1 Å². The van der Waals surface area contributed by atoms with Crippen LogP contribution in [0.15, 0.2) is 29.2 Å². The molecule has 5 rings (SSSR count). The molecular formula is C25H28F2N4O4S. The molecule has 3 aliphatic heterocycles. The van der Waals surface area contributed by atoms with Gasteiger partial charge in [0.2, 0.25) is 5.43 Å². The van der Waals surface area contributed by atoms with E-state index in [1.165, 1.54) is 16.8 Å². The Balaban J connectivity index is 1.44. The quantitative estimate of drug-likeness (QED) is 0.646. The topological polar surface area (TPSA) is 94.9 Å². The second-order valence-corrected chi connectivity index (χ2v) is 10.8. The normalized spacial score (nSPS) is 22.8. The van der Waals surface area contributed by atoms with Crippen molar-refractivity contribution in [1.29, 1.82) is 0 Å². The molecule has 2 N–H and O–H groups in total. The van der Waals surface area contributed by atoms with Gasteiger partial charge in [-0.3, -0.25) is 19.3 Å². The summed E-state index contributed by atoms with van der Waals surface area (Å²) < 4.78 is 28.6. The van der Waals surface area contributed by atoms with Crippen LogP contribution in [0.1, 0.15) is 52.6 Å². The van der Waals surface area contributed by atoms with Crippen LogP contribution >= 0.6 is 11.8 Å². The van der Waals surface area contributed by atoms with Gasteiger partial charge in [-0.2, -0.15) is 11.8 Å². The van der Waals surface area contributed by atoms with Gasteiger partial charge < -0.3 is 19.9 Å². The third-order valence-electron chi connectivity index (χ3n) is 7.40. The summed E-state index contributed by atoms with van der Waals surface area (Å²) in [7, 11) is 0. The molecule has 4 heterocycles. The summed E-state index contributed by atoms with van der Waals surface area (Å²) in [6, 6.07) is 3.29. The second kappa shape index (κ2) is 9.85. The molecule has 11 heteroatoms. The third-order valence-corrected chi connectivity index (χ3v) is 8.44. The molecule has 0 spiro atoms. The molecule has 2 atom stereocenters. The lowest BCUT2D eigenvalue weighted by molar-refractivity contribution is -0.0530. The van der Waals surface area contributed by atoms with E-state index in [-0.39, 0.29) is 35.6 Å². The SMILES string of the molecule is C[C@H]1CCN(C2CCSCC2)[C@@H]2Cn3cc(C(=O)NCc4ccc(F)cc4F)c(=O)c(O)c3C(=O)N12. The average molecular weight is 519 g/mol. The number of hydrogen-bond acceptors (Lipinski definition) is 6. The lowest BCUT2D eigenvalue weighted by atomic mass is 9.99. The standard InChI is InChI=1S/C25H28F2N4O4S/c1-14-4-7-30(17-5-8-36-9-6-17)20-13-29-12-18(22(32)23(33)21(29)25(35)31(14)20)24(34)28-11-15-2-3-16(26)10-19(15)27/h2-3,10,12,14,17,20,33H,4-9,11,13H2,1H3,(H,28,34)/t14-,20-/m0/s1. The molecule has 0 aliphatic carbocycles. The molecule has 1 aromatic heterocycles. The summed E-state index contributed by atoms with van der Waals surface area (Å²) >= 11 is 1.93. The molecule has 0 saturated carbocycles. The highest BCUT2D eigenvalue weighted by molar-refractivity contribution is 7.99. The molecule has 2 saturated heterocycles. The lowest BCUT2D eigenvalue weighted by Gasteiger charge is -2.53. The summed E-state index contributed by atoms with van der Waals surface area (Å²) in [5.74, 6) is -1.43. The van der Waals surface area contributed by atoms with Crippen molar-refractivity contribution >= 4 is 23.6 Å². The van der Waals surface area contributed by atoms with Crippen molar-refractivity contribution in [3.63, 3.8) is 0 Å². The fourth-order valence-electron chi connectivity index (χ4n) is 5.46. The van der Waals surface area contributed by atoms with E-state index < -0.39 is 34.6 Å². The lowest BCUT2D eigenvalue weighted by Crippen LogP contribution is -2.66. The van der Waals surface area contributed by atoms with Gasteiger partial charge in [0.15, 0.2) is 11.4 Å². The zero-order valence-corrected chi connectivity index (χ0v) is 20.7. The van der Waals surface area contributed by atoms with Crippen LogP contribution in [0.2, 0.25) is 0 Å². The second-order valence-electron chi connectivity index (χ2n) is 9.55. The highest BCUT2D eigenvalue weighted by Crippen LogP contribution is 2.34. The number of carbonyl (C=O) groups excluding carboxylic acids is 2. The van der Waals surface area contributed by atoms with E-state index in [0.717, 1.165) is 43.4 Å². The Morgan fingerprint density at radius 2 is 1.94 bits per heavy atom. The summed E-state index contributed by atoms with van der Waals surface area (Å²) in [5, 5.41) is 13.2. The number of carbonyl (C=O) groups is 2. The zero-order chi connectivity index (χ0) is 25.6. The van der Waals surface area contributed by atoms with Gasteiger partial charge in [0.1, 0.15) is 23.4 Å². The number of nitrogens with one attached hydrogen (secondary N) is 1. The summed E-state index contributed by atoms with van der Waals surface area (Å²) in [5.41, 5.74) is -1.37. The number of aromatic nitrogens is 1. The number of nitrogens with zero attached hydrogens (tertiary/aromatic N) is 3. The Bertz CT molecular complexity index is 1260. The fourth-order valence-corrected chi connectivity index (χ4v) is 6.54. The average Bonchev–Trinajstić information content (AvgIpc) is 2.86. The molecule has 0 unspecified atom stereocenters. The van der Waals surface area contributed by atoms with Gasteiger partial charge in [-0.1, -0.05) is 6.07 Å². The smallest absolute Gasteiger partial charge is 0.276 e. The third kappa shape index (κ3) is 4.39. The van der Waals surface area contributed by atoms with E-state index >= 15 is 0 Å². The molecule has 3 aliphatic rings. The number of thioether (sulfide) groups is 1. The first-order valence-electron chi connectivity index (χ1n) is 12.1. The largest absolute Gasteiger partial charge is 0.503 e. The van der Waals surface area contributed by atoms with Crippen molar-refractivity contribution in [2.45, 2.75) is 57.5 Å². The van der Waals surface area contributed by atoms with Crippen molar-refractivity contribution < 1.29 is 23.5 Å². The highest BCUT2D eigenvalue weighted by Gasteiger charge is 2.45. The first kappa shape index (κ1) is 24.8. The van der Waals surface area contributed by atoms with Gasteiger partial charge >= 0.3 is 0 Å². The predicted octanol–water partition coefficient (Wildman–Crippen LogP) is 2.53. The van der Waals surface area contributed by atoms with E-state index in [1.54, 1.807) is 4.90 Å². The van der Waals surface area contributed by atoms with Gasteiger partial charge in [-0.15, -0.1) is 0 Å². The number of benzene rings is 1.